The highest BCUT2D eigenvalue weighted by Crippen LogP contribution is 2.13. The molecule has 0 aromatic heterocycles. The minimum atomic E-state index is -0.737. The largest absolute Gasteiger partial charge is 0.389 e. The van der Waals surface area contributed by atoms with Gasteiger partial charge in [0.05, 0.1) is 18.2 Å². The van der Waals surface area contributed by atoms with Crippen LogP contribution in [0, 0.1) is 0 Å². The highest BCUT2D eigenvalue weighted by atomic mass is 16.3. The van der Waals surface area contributed by atoms with Crippen molar-refractivity contribution in [3.63, 3.8) is 0 Å². The fourth-order valence-electron chi connectivity index (χ4n) is 1.75. The molecule has 5 heteroatoms. The van der Waals surface area contributed by atoms with E-state index in [0.717, 1.165) is 6.42 Å². The van der Waals surface area contributed by atoms with E-state index in [9.17, 15) is 15.0 Å². The molecule has 1 aliphatic rings. The van der Waals surface area contributed by atoms with Crippen molar-refractivity contribution >= 4 is 5.91 Å². The van der Waals surface area contributed by atoms with Gasteiger partial charge in [-0.05, 0) is 20.3 Å². The normalized spacial score (nSPS) is 30.1. The molecule has 0 aromatic carbocycles. The predicted octanol–water partition coefficient (Wildman–Crippen LogP) is -0.673. The van der Waals surface area contributed by atoms with Crippen molar-refractivity contribution in [2.75, 3.05) is 13.1 Å². The number of β-amino-alcohol motifs (C(OH)–C–C–N with tert-alkyl or cyclic N) is 2. The number of nitrogens with one attached hydrogen (secondary N) is 1. The van der Waals surface area contributed by atoms with E-state index < -0.39 is 12.2 Å². The number of aliphatic hydroxyl groups is 2. The van der Waals surface area contributed by atoms with E-state index in [0.29, 0.717) is 13.1 Å². The van der Waals surface area contributed by atoms with Gasteiger partial charge in [-0.1, -0.05) is 6.92 Å². The van der Waals surface area contributed by atoms with Crippen LogP contribution in [-0.2, 0) is 4.79 Å². The Morgan fingerprint density at radius 3 is 2.31 bits per heavy atom. The van der Waals surface area contributed by atoms with Crippen molar-refractivity contribution in [3.8, 4) is 0 Å². The van der Waals surface area contributed by atoms with Gasteiger partial charge >= 0.3 is 0 Å². The summed E-state index contributed by atoms with van der Waals surface area (Å²) in [4.78, 5) is 13.6. The van der Waals surface area contributed by atoms with Crippen LogP contribution in [0.1, 0.15) is 27.2 Å². The van der Waals surface area contributed by atoms with Gasteiger partial charge in [0.1, 0.15) is 0 Å². The third-order valence-electron chi connectivity index (χ3n) is 3.22. The smallest absolute Gasteiger partial charge is 0.237 e. The van der Waals surface area contributed by atoms with Gasteiger partial charge in [-0.2, -0.15) is 0 Å². The number of amides is 1. The predicted molar refractivity (Wildman–Crippen MR) is 60.9 cm³/mol. The SMILES string of the molecule is CCC(C)NC(=O)C(C)N1C[C@@H](O)[C@@H](O)C1. The molecule has 1 saturated heterocycles. The molecule has 0 spiro atoms. The van der Waals surface area contributed by atoms with E-state index in [1.54, 1.807) is 11.8 Å². The van der Waals surface area contributed by atoms with Gasteiger partial charge in [0, 0.05) is 19.1 Å². The average molecular weight is 230 g/mol. The fraction of sp³-hybridized carbons (Fsp3) is 0.909. The lowest BCUT2D eigenvalue weighted by atomic mass is 10.2. The van der Waals surface area contributed by atoms with Crippen LogP contribution < -0.4 is 5.32 Å². The Bertz CT molecular complexity index is 237. The van der Waals surface area contributed by atoms with E-state index in [2.05, 4.69) is 5.32 Å². The van der Waals surface area contributed by atoms with Gasteiger partial charge in [-0.3, -0.25) is 9.69 Å². The zero-order valence-electron chi connectivity index (χ0n) is 10.2. The summed E-state index contributed by atoms with van der Waals surface area (Å²) < 4.78 is 0. The second-order valence-corrected chi connectivity index (χ2v) is 4.58. The first kappa shape index (κ1) is 13.4. The quantitative estimate of drug-likeness (QED) is 0.599. The molecule has 0 bridgehead atoms. The van der Waals surface area contributed by atoms with E-state index in [-0.39, 0.29) is 18.0 Å². The summed E-state index contributed by atoms with van der Waals surface area (Å²) in [6, 6.07) is -0.145. The number of carbonyl (C=O) groups is 1. The zero-order valence-corrected chi connectivity index (χ0v) is 10.2. The van der Waals surface area contributed by atoms with E-state index >= 15 is 0 Å². The highest BCUT2D eigenvalue weighted by molar-refractivity contribution is 5.81. The van der Waals surface area contributed by atoms with Crippen LogP contribution in [0.25, 0.3) is 0 Å². The lowest BCUT2D eigenvalue weighted by Crippen LogP contribution is -2.47. The van der Waals surface area contributed by atoms with Gasteiger partial charge in [0.15, 0.2) is 0 Å². The second-order valence-electron chi connectivity index (χ2n) is 4.58. The van der Waals surface area contributed by atoms with Crippen LogP contribution in [-0.4, -0.2) is 58.4 Å². The number of rotatable bonds is 4. The Balaban J connectivity index is 2.45. The van der Waals surface area contributed by atoms with Gasteiger partial charge in [-0.15, -0.1) is 0 Å². The third kappa shape index (κ3) is 3.17. The van der Waals surface area contributed by atoms with Crippen LogP contribution in [0.15, 0.2) is 0 Å². The molecule has 3 N–H and O–H groups in total. The van der Waals surface area contributed by atoms with E-state index in [4.69, 9.17) is 0 Å². The monoisotopic (exact) mass is 230 g/mol. The number of nitrogens with zero attached hydrogens (tertiary/aromatic N) is 1. The molecule has 2 unspecified atom stereocenters. The molecule has 1 heterocycles. The summed E-state index contributed by atoms with van der Waals surface area (Å²) in [5.41, 5.74) is 0. The van der Waals surface area contributed by atoms with Crippen LogP contribution in [0.5, 0.6) is 0 Å². The van der Waals surface area contributed by atoms with E-state index in [1.165, 1.54) is 0 Å². The maximum atomic E-state index is 11.8. The Labute approximate surface area is 96.4 Å². The first-order valence-corrected chi connectivity index (χ1v) is 5.86. The van der Waals surface area contributed by atoms with Crippen molar-refractivity contribution in [1.82, 2.24) is 10.2 Å². The first-order valence-electron chi connectivity index (χ1n) is 5.86. The van der Waals surface area contributed by atoms with Crippen LogP contribution in [0.2, 0.25) is 0 Å². The molecule has 5 nitrogen and oxygen atoms in total. The first-order chi connectivity index (χ1) is 7.45. The standard InChI is InChI=1S/C11H22N2O3/c1-4-7(2)12-11(16)8(3)13-5-9(14)10(15)6-13/h7-10,14-15H,4-6H2,1-3H3,(H,12,16)/t7?,8?,9-,10+. The molecule has 1 aliphatic heterocycles. The van der Waals surface area contributed by atoms with Gasteiger partial charge < -0.3 is 15.5 Å². The number of carbonyl (C=O) groups excluding carboxylic acids is 1. The van der Waals surface area contributed by atoms with Crippen molar-refractivity contribution in [1.29, 1.82) is 0 Å². The lowest BCUT2D eigenvalue weighted by molar-refractivity contribution is -0.126. The van der Waals surface area contributed by atoms with Crippen LogP contribution >= 0.6 is 0 Å². The van der Waals surface area contributed by atoms with E-state index in [1.807, 2.05) is 13.8 Å². The molecule has 16 heavy (non-hydrogen) atoms. The number of hydrogen-bond donors (Lipinski definition) is 3. The lowest BCUT2D eigenvalue weighted by Gasteiger charge is -2.24. The average Bonchev–Trinajstić information content (AvgIpc) is 2.57. The summed E-state index contributed by atoms with van der Waals surface area (Å²) in [6.07, 6.45) is -0.582. The second kappa shape index (κ2) is 5.61. The Hall–Kier alpha value is -0.650. The Morgan fingerprint density at radius 2 is 1.88 bits per heavy atom. The third-order valence-corrected chi connectivity index (χ3v) is 3.22. The number of likely N-dealkylation sites (tertiary alicyclic amines) is 1. The molecule has 0 radical (unpaired) electrons. The molecule has 0 aromatic rings. The maximum Gasteiger partial charge on any atom is 0.237 e. The molecule has 1 fully saturated rings. The summed E-state index contributed by atoms with van der Waals surface area (Å²) in [5.74, 6) is -0.0457. The summed E-state index contributed by atoms with van der Waals surface area (Å²) in [5, 5.41) is 21.7. The zero-order chi connectivity index (χ0) is 12.3. The van der Waals surface area contributed by atoms with Gasteiger partial charge in [0.25, 0.3) is 0 Å². The van der Waals surface area contributed by atoms with Gasteiger partial charge in [-0.25, -0.2) is 0 Å². The van der Waals surface area contributed by atoms with Gasteiger partial charge in [0.2, 0.25) is 5.91 Å². The molecular formula is C11H22N2O3. The number of aliphatic hydroxyl groups excluding tert-OH is 2. The van der Waals surface area contributed by atoms with Crippen molar-refractivity contribution in [2.45, 2.75) is 51.5 Å². The van der Waals surface area contributed by atoms with Crippen LogP contribution in [0.3, 0.4) is 0 Å². The minimum absolute atomic E-state index is 0.0457. The highest BCUT2D eigenvalue weighted by Gasteiger charge is 2.34. The Morgan fingerprint density at radius 1 is 1.38 bits per heavy atom. The molecule has 94 valence electrons. The molecule has 0 aliphatic carbocycles. The summed E-state index contributed by atoms with van der Waals surface area (Å²) in [7, 11) is 0. The summed E-state index contributed by atoms with van der Waals surface area (Å²) in [6.45, 7) is 6.48. The van der Waals surface area contributed by atoms with Crippen LogP contribution in [0.4, 0.5) is 0 Å². The van der Waals surface area contributed by atoms with Crippen molar-refractivity contribution < 1.29 is 15.0 Å². The molecular weight excluding hydrogens is 208 g/mol. The molecule has 0 saturated carbocycles. The molecule has 1 amide bonds. The maximum absolute atomic E-state index is 11.8. The van der Waals surface area contributed by atoms with Crippen molar-refractivity contribution in [3.05, 3.63) is 0 Å². The fourth-order valence-corrected chi connectivity index (χ4v) is 1.75. The minimum Gasteiger partial charge on any atom is -0.389 e. The van der Waals surface area contributed by atoms with Crippen molar-refractivity contribution in [2.24, 2.45) is 0 Å². The molecule has 1 rings (SSSR count). The topological polar surface area (TPSA) is 72.8 Å². The molecule has 4 atom stereocenters. The number of hydrogen-bond acceptors (Lipinski definition) is 4. The Kier molecular flexibility index (Phi) is 4.70. The summed E-state index contributed by atoms with van der Waals surface area (Å²) >= 11 is 0.